The number of fused-ring (bicyclic) bond motifs is 3. The minimum Gasteiger partial charge on any atom is -0.330 e. The first kappa shape index (κ1) is 12.9. The van der Waals surface area contributed by atoms with Crippen molar-refractivity contribution in [1.82, 2.24) is 19.2 Å². The Labute approximate surface area is 117 Å². The third-order valence-corrected chi connectivity index (χ3v) is 3.43. The third-order valence-electron chi connectivity index (χ3n) is 3.16. The molecule has 3 rings (SSSR count). The first-order chi connectivity index (χ1) is 9.63. The van der Waals surface area contributed by atoms with Crippen LogP contribution < -0.4 is 11.3 Å². The second-order valence-electron chi connectivity index (χ2n) is 4.42. The summed E-state index contributed by atoms with van der Waals surface area (Å²) >= 11 is 5.17. The monoisotopic (exact) mass is 293 g/mol. The Morgan fingerprint density at radius 3 is 3.00 bits per heavy atom. The molecule has 0 radical (unpaired) electrons. The van der Waals surface area contributed by atoms with Crippen molar-refractivity contribution >= 4 is 28.9 Å². The number of rotatable bonds is 3. The molecule has 0 aliphatic carbocycles. The lowest BCUT2D eigenvalue weighted by Gasteiger charge is -2.09. The van der Waals surface area contributed by atoms with Crippen molar-refractivity contribution < 1.29 is 4.39 Å². The van der Waals surface area contributed by atoms with E-state index >= 15 is 0 Å². The second-order valence-corrected chi connectivity index (χ2v) is 4.81. The molecule has 0 fully saturated rings. The van der Waals surface area contributed by atoms with E-state index in [1.165, 1.54) is 22.8 Å². The Kier molecular flexibility index (Phi) is 3.11. The molecule has 0 bridgehead atoms. The first-order valence-electron chi connectivity index (χ1n) is 6.12. The van der Waals surface area contributed by atoms with Gasteiger partial charge in [-0.3, -0.25) is 13.8 Å². The molecule has 0 atom stereocenters. The number of nitrogens with one attached hydrogen (secondary N) is 1. The molecule has 2 heterocycles. The van der Waals surface area contributed by atoms with Crippen molar-refractivity contribution in [2.24, 2.45) is 5.73 Å². The van der Waals surface area contributed by atoms with Gasteiger partial charge in [-0.2, -0.15) is 0 Å². The van der Waals surface area contributed by atoms with Crippen LogP contribution in [-0.2, 0) is 6.54 Å². The number of aryl methyl sites for hydroxylation is 1. The van der Waals surface area contributed by atoms with Crippen LogP contribution in [0.4, 0.5) is 4.39 Å². The number of H-pyrrole nitrogens is 1. The van der Waals surface area contributed by atoms with Crippen LogP contribution in [0, 0.1) is 10.6 Å². The maximum atomic E-state index is 13.4. The normalized spacial score (nSPS) is 11.5. The van der Waals surface area contributed by atoms with Crippen LogP contribution in [-0.4, -0.2) is 25.7 Å². The molecular weight excluding hydrogens is 281 g/mol. The molecule has 6 nitrogen and oxygen atoms in total. The van der Waals surface area contributed by atoms with E-state index in [-0.39, 0.29) is 10.9 Å². The highest BCUT2D eigenvalue weighted by Gasteiger charge is 2.13. The number of aromatic amines is 1. The van der Waals surface area contributed by atoms with Gasteiger partial charge in [-0.1, -0.05) is 0 Å². The molecule has 0 aliphatic heterocycles. The van der Waals surface area contributed by atoms with E-state index in [0.717, 1.165) is 0 Å². The van der Waals surface area contributed by atoms with Gasteiger partial charge in [0.05, 0.1) is 10.9 Å². The Hall–Kier alpha value is -2.06. The number of nitrogens with two attached hydrogens (primary N) is 1. The van der Waals surface area contributed by atoms with Gasteiger partial charge in [-0.25, -0.2) is 9.49 Å². The molecule has 8 heteroatoms. The molecule has 3 aromatic rings. The van der Waals surface area contributed by atoms with Crippen molar-refractivity contribution in [2.75, 3.05) is 6.54 Å². The molecule has 20 heavy (non-hydrogen) atoms. The van der Waals surface area contributed by atoms with Crippen molar-refractivity contribution in [3.63, 3.8) is 0 Å². The maximum Gasteiger partial charge on any atom is 0.262 e. The summed E-state index contributed by atoms with van der Waals surface area (Å²) in [6.45, 7) is 0.857. The van der Waals surface area contributed by atoms with Crippen LogP contribution in [0.1, 0.15) is 6.42 Å². The van der Waals surface area contributed by atoms with Crippen molar-refractivity contribution in [3.05, 3.63) is 39.1 Å². The predicted octanol–water partition coefficient (Wildman–Crippen LogP) is 1.19. The summed E-state index contributed by atoms with van der Waals surface area (Å²) in [4.78, 5) is 12.5. The topological polar surface area (TPSA) is 81.1 Å². The summed E-state index contributed by atoms with van der Waals surface area (Å²) in [6.07, 6.45) is 0.621. The fourth-order valence-electron chi connectivity index (χ4n) is 2.25. The van der Waals surface area contributed by atoms with Gasteiger partial charge in [0.2, 0.25) is 10.5 Å². The number of nitrogens with zero attached hydrogens (tertiary/aromatic N) is 3. The zero-order valence-corrected chi connectivity index (χ0v) is 11.3. The van der Waals surface area contributed by atoms with Gasteiger partial charge < -0.3 is 5.73 Å². The molecule has 0 aliphatic rings. The summed E-state index contributed by atoms with van der Waals surface area (Å²) in [7, 11) is 0. The molecule has 0 unspecified atom stereocenters. The minimum atomic E-state index is -0.464. The van der Waals surface area contributed by atoms with Crippen LogP contribution in [0.25, 0.3) is 16.7 Å². The fraction of sp³-hybridized carbons (Fsp3) is 0.250. The fourth-order valence-corrected chi connectivity index (χ4v) is 2.47. The number of hydrogen-bond donors (Lipinski definition) is 2. The van der Waals surface area contributed by atoms with Gasteiger partial charge in [0.15, 0.2) is 0 Å². The smallest absolute Gasteiger partial charge is 0.262 e. The van der Waals surface area contributed by atoms with Crippen molar-refractivity contribution in [1.29, 1.82) is 0 Å². The van der Waals surface area contributed by atoms with Crippen LogP contribution in [0.5, 0.6) is 0 Å². The van der Waals surface area contributed by atoms with Crippen LogP contribution >= 0.6 is 12.2 Å². The van der Waals surface area contributed by atoms with Crippen LogP contribution in [0.3, 0.4) is 0 Å². The maximum absolute atomic E-state index is 13.4. The lowest BCUT2D eigenvalue weighted by molar-refractivity contribution is 0.625. The summed E-state index contributed by atoms with van der Waals surface area (Å²) in [6, 6.07) is 4.03. The van der Waals surface area contributed by atoms with Gasteiger partial charge in [-0.15, -0.1) is 5.10 Å². The van der Waals surface area contributed by atoms with Gasteiger partial charge in [0.25, 0.3) is 5.56 Å². The molecule has 2 aromatic heterocycles. The number of halogens is 1. The largest absolute Gasteiger partial charge is 0.330 e. The van der Waals surface area contributed by atoms with Gasteiger partial charge in [-0.05, 0) is 43.4 Å². The van der Waals surface area contributed by atoms with E-state index in [0.29, 0.717) is 35.6 Å². The first-order valence-corrected chi connectivity index (χ1v) is 6.53. The zero-order valence-electron chi connectivity index (χ0n) is 10.5. The highest BCUT2D eigenvalue weighted by atomic mass is 32.1. The molecule has 104 valence electrons. The average Bonchev–Trinajstić information content (AvgIpc) is 2.81. The number of hydrogen-bond acceptors (Lipinski definition) is 4. The SMILES string of the molecule is NCCCn1c(=O)c2cc(F)ccc2n2c(=S)[nH]nc12. The number of benzene rings is 1. The highest BCUT2D eigenvalue weighted by molar-refractivity contribution is 7.71. The van der Waals surface area contributed by atoms with E-state index < -0.39 is 5.82 Å². The summed E-state index contributed by atoms with van der Waals surface area (Å²) in [5.74, 6) is -0.0538. The minimum absolute atomic E-state index is 0.270. The van der Waals surface area contributed by atoms with E-state index in [9.17, 15) is 9.18 Å². The Morgan fingerprint density at radius 2 is 2.25 bits per heavy atom. The molecule has 3 N–H and O–H groups in total. The lowest BCUT2D eigenvalue weighted by atomic mass is 10.2. The van der Waals surface area contributed by atoms with E-state index in [4.69, 9.17) is 18.0 Å². The summed E-state index contributed by atoms with van der Waals surface area (Å²) in [5, 5.41) is 7.01. The molecule has 0 saturated heterocycles. The standard InChI is InChI=1S/C12H12FN5OS/c13-7-2-3-9-8(6-7)10(19)17(5-1-4-14)11-15-16-12(20)18(9)11/h2-3,6H,1,4-5,14H2,(H,16,20). The zero-order chi connectivity index (χ0) is 14.3. The second kappa shape index (κ2) is 4.80. The van der Waals surface area contributed by atoms with Gasteiger partial charge >= 0.3 is 0 Å². The van der Waals surface area contributed by atoms with Crippen LogP contribution in [0.15, 0.2) is 23.0 Å². The van der Waals surface area contributed by atoms with Gasteiger partial charge in [0, 0.05) is 6.54 Å². The molecule has 0 spiro atoms. The lowest BCUT2D eigenvalue weighted by Crippen LogP contribution is -2.24. The summed E-state index contributed by atoms with van der Waals surface area (Å²) in [5.41, 5.74) is 5.72. The Bertz CT molecular complexity index is 910. The van der Waals surface area contributed by atoms with E-state index in [2.05, 4.69) is 10.2 Å². The van der Waals surface area contributed by atoms with Crippen molar-refractivity contribution in [2.45, 2.75) is 13.0 Å². The van der Waals surface area contributed by atoms with Gasteiger partial charge in [0.1, 0.15) is 5.82 Å². The molecule has 1 aromatic carbocycles. The molecule has 0 saturated carbocycles. The quantitative estimate of drug-likeness (QED) is 0.711. The Balaban J connectivity index is 2.50. The summed E-state index contributed by atoms with van der Waals surface area (Å²) < 4.78 is 16.8. The van der Waals surface area contributed by atoms with E-state index in [1.807, 2.05) is 0 Å². The highest BCUT2D eigenvalue weighted by Crippen LogP contribution is 2.14. The third kappa shape index (κ3) is 1.84. The van der Waals surface area contributed by atoms with Crippen molar-refractivity contribution in [3.8, 4) is 0 Å². The van der Waals surface area contributed by atoms with E-state index in [1.54, 1.807) is 4.40 Å². The van der Waals surface area contributed by atoms with Crippen LogP contribution in [0.2, 0.25) is 0 Å². The molecular formula is C12H12FN5OS. The Morgan fingerprint density at radius 1 is 1.45 bits per heavy atom. The number of aromatic nitrogens is 4. The molecule has 0 amide bonds. The predicted molar refractivity (Wildman–Crippen MR) is 75.8 cm³/mol. The average molecular weight is 293 g/mol.